The summed E-state index contributed by atoms with van der Waals surface area (Å²) >= 11 is 8.96. The second-order valence-corrected chi connectivity index (χ2v) is 5.42. The summed E-state index contributed by atoms with van der Waals surface area (Å²) in [6.07, 6.45) is 1.40. The fourth-order valence-corrected chi connectivity index (χ4v) is 2.09. The minimum absolute atomic E-state index is 0.0990. The molecule has 1 aromatic carbocycles. The molecule has 0 atom stereocenters. The van der Waals surface area contributed by atoms with E-state index >= 15 is 0 Å². The highest BCUT2D eigenvalue weighted by Crippen LogP contribution is 2.24. The summed E-state index contributed by atoms with van der Waals surface area (Å²) in [6.45, 7) is 1.61. The van der Waals surface area contributed by atoms with Crippen LogP contribution in [0.15, 0.2) is 34.9 Å². The summed E-state index contributed by atoms with van der Waals surface area (Å²) in [6, 6.07) is 5.89. The highest BCUT2D eigenvalue weighted by Gasteiger charge is 2.15. The summed E-state index contributed by atoms with van der Waals surface area (Å²) < 4.78 is 0.539. The van der Waals surface area contributed by atoms with E-state index in [2.05, 4.69) is 26.2 Å². The molecule has 1 aromatic heterocycles. The maximum Gasteiger partial charge on any atom is 0.273 e. The minimum Gasteiger partial charge on any atom is -0.321 e. The van der Waals surface area contributed by atoms with Gasteiger partial charge in [-0.25, -0.2) is 4.98 Å². The Kier molecular flexibility index (Phi) is 4.54. The van der Waals surface area contributed by atoms with Crippen molar-refractivity contribution >= 4 is 44.8 Å². The topological polar surface area (TPSA) is 85.1 Å². The Morgan fingerprint density at radius 1 is 1.43 bits per heavy atom. The molecule has 0 radical (unpaired) electrons. The lowest BCUT2D eigenvalue weighted by molar-refractivity contribution is -0.385. The zero-order valence-electron chi connectivity index (χ0n) is 10.8. The average molecular weight is 371 g/mol. The lowest BCUT2D eigenvalue weighted by Crippen LogP contribution is -2.12. The van der Waals surface area contributed by atoms with Crippen molar-refractivity contribution in [1.82, 2.24) is 4.98 Å². The highest BCUT2D eigenvalue weighted by atomic mass is 79.9. The van der Waals surface area contributed by atoms with Gasteiger partial charge in [0.15, 0.2) is 0 Å². The van der Waals surface area contributed by atoms with Crippen molar-refractivity contribution < 1.29 is 9.72 Å². The Bertz CT molecular complexity index is 737. The number of aromatic nitrogens is 1. The maximum atomic E-state index is 12.1. The Balaban J connectivity index is 2.26. The zero-order chi connectivity index (χ0) is 15.6. The van der Waals surface area contributed by atoms with E-state index in [1.807, 2.05) is 0 Å². The molecule has 21 heavy (non-hydrogen) atoms. The van der Waals surface area contributed by atoms with E-state index in [4.69, 9.17) is 11.6 Å². The molecule has 0 fully saturated rings. The van der Waals surface area contributed by atoms with E-state index in [0.717, 1.165) is 0 Å². The Labute approximate surface area is 133 Å². The lowest BCUT2D eigenvalue weighted by atomic mass is 10.1. The number of aryl methyl sites for hydroxylation is 1. The number of carbonyl (C=O) groups is 1. The third-order valence-electron chi connectivity index (χ3n) is 2.72. The molecule has 2 rings (SSSR count). The first-order valence-corrected chi connectivity index (χ1v) is 6.93. The van der Waals surface area contributed by atoms with E-state index in [9.17, 15) is 14.9 Å². The zero-order valence-corrected chi connectivity index (χ0v) is 13.1. The van der Waals surface area contributed by atoms with Gasteiger partial charge in [0, 0.05) is 17.2 Å². The fraction of sp³-hybridized carbons (Fsp3) is 0.0769. The number of hydrogen-bond acceptors (Lipinski definition) is 4. The van der Waals surface area contributed by atoms with Gasteiger partial charge in [0.25, 0.3) is 11.6 Å². The molecule has 0 bridgehead atoms. The molecule has 8 heteroatoms. The van der Waals surface area contributed by atoms with E-state index < -0.39 is 10.8 Å². The van der Waals surface area contributed by atoms with Crippen LogP contribution in [0.5, 0.6) is 0 Å². The number of anilines is 1. The van der Waals surface area contributed by atoms with Crippen LogP contribution in [0.4, 0.5) is 11.4 Å². The summed E-state index contributed by atoms with van der Waals surface area (Å²) in [7, 11) is 0. The Morgan fingerprint density at radius 2 is 2.14 bits per heavy atom. The molecule has 0 unspecified atom stereocenters. The number of halogens is 2. The van der Waals surface area contributed by atoms with Crippen molar-refractivity contribution in [3.63, 3.8) is 0 Å². The van der Waals surface area contributed by atoms with Gasteiger partial charge in [0.05, 0.1) is 21.3 Å². The summed E-state index contributed by atoms with van der Waals surface area (Å²) in [5.41, 5.74) is 1.02. The third-order valence-corrected chi connectivity index (χ3v) is 3.86. The number of nitro groups is 1. The van der Waals surface area contributed by atoms with Gasteiger partial charge in [-0.15, -0.1) is 0 Å². The number of amides is 1. The molecule has 0 aliphatic rings. The van der Waals surface area contributed by atoms with E-state index in [0.29, 0.717) is 15.7 Å². The lowest BCUT2D eigenvalue weighted by Gasteiger charge is -2.06. The number of benzene rings is 1. The molecule has 0 saturated carbocycles. The van der Waals surface area contributed by atoms with E-state index in [1.165, 1.54) is 24.4 Å². The number of carbonyl (C=O) groups excluding carboxylic acids is 1. The first kappa shape index (κ1) is 15.4. The molecular weight excluding hydrogens is 362 g/mol. The van der Waals surface area contributed by atoms with E-state index in [-0.39, 0.29) is 16.4 Å². The second-order valence-electron chi connectivity index (χ2n) is 4.21. The Hall–Kier alpha value is -1.99. The van der Waals surface area contributed by atoms with Crippen LogP contribution in [0, 0.1) is 17.0 Å². The van der Waals surface area contributed by atoms with Gasteiger partial charge >= 0.3 is 0 Å². The SMILES string of the molecule is Cc1ccc(C(=O)Nc2cnc(Cl)c(Br)c2)cc1[N+](=O)[O-]. The molecule has 1 heterocycles. The van der Waals surface area contributed by atoms with Crippen molar-refractivity contribution in [2.75, 3.05) is 5.32 Å². The van der Waals surface area contributed by atoms with Gasteiger partial charge in [-0.1, -0.05) is 17.7 Å². The number of nitrogens with one attached hydrogen (secondary N) is 1. The van der Waals surface area contributed by atoms with Crippen LogP contribution in [0.2, 0.25) is 5.15 Å². The van der Waals surface area contributed by atoms with Crippen molar-refractivity contribution in [3.8, 4) is 0 Å². The van der Waals surface area contributed by atoms with Crippen molar-refractivity contribution in [2.24, 2.45) is 0 Å². The first-order valence-electron chi connectivity index (χ1n) is 5.76. The van der Waals surface area contributed by atoms with Crippen LogP contribution < -0.4 is 5.32 Å². The predicted molar refractivity (Wildman–Crippen MR) is 82.7 cm³/mol. The fourth-order valence-electron chi connectivity index (χ4n) is 1.64. The molecule has 2 aromatic rings. The van der Waals surface area contributed by atoms with Gasteiger partial charge in [0.1, 0.15) is 5.15 Å². The van der Waals surface area contributed by atoms with E-state index in [1.54, 1.807) is 13.0 Å². The molecule has 0 aliphatic carbocycles. The number of pyridine rings is 1. The number of nitrogens with zero attached hydrogens (tertiary/aromatic N) is 2. The van der Waals surface area contributed by atoms with Crippen LogP contribution in [-0.2, 0) is 0 Å². The van der Waals surface area contributed by atoms with Crippen LogP contribution in [0.1, 0.15) is 15.9 Å². The summed E-state index contributed by atoms with van der Waals surface area (Å²) in [4.78, 5) is 26.3. The van der Waals surface area contributed by atoms with Gasteiger partial charge < -0.3 is 5.32 Å². The number of rotatable bonds is 3. The van der Waals surface area contributed by atoms with Crippen LogP contribution >= 0.6 is 27.5 Å². The van der Waals surface area contributed by atoms with Crippen molar-refractivity contribution in [1.29, 1.82) is 0 Å². The normalized spacial score (nSPS) is 10.2. The monoisotopic (exact) mass is 369 g/mol. The van der Waals surface area contributed by atoms with Gasteiger partial charge in [-0.3, -0.25) is 14.9 Å². The van der Waals surface area contributed by atoms with Crippen LogP contribution in [0.25, 0.3) is 0 Å². The van der Waals surface area contributed by atoms with Crippen molar-refractivity contribution in [2.45, 2.75) is 6.92 Å². The molecule has 0 saturated heterocycles. The predicted octanol–water partition coefficient (Wildman–Crippen LogP) is 3.97. The molecule has 0 aliphatic heterocycles. The molecule has 0 spiro atoms. The highest BCUT2D eigenvalue weighted by molar-refractivity contribution is 9.10. The largest absolute Gasteiger partial charge is 0.321 e. The first-order chi connectivity index (χ1) is 9.88. The molecule has 1 amide bonds. The maximum absolute atomic E-state index is 12.1. The molecular formula is C13H9BrClN3O3. The van der Waals surface area contributed by atoms with Crippen LogP contribution in [-0.4, -0.2) is 15.8 Å². The standard InChI is InChI=1S/C13H9BrClN3O3/c1-7-2-3-8(4-11(7)18(20)21)13(19)17-9-5-10(14)12(15)16-6-9/h2-6H,1H3,(H,17,19). The van der Waals surface area contributed by atoms with Gasteiger partial charge in [-0.05, 0) is 35.0 Å². The minimum atomic E-state index is -0.521. The average Bonchev–Trinajstić information content (AvgIpc) is 2.43. The summed E-state index contributed by atoms with van der Waals surface area (Å²) in [5, 5.41) is 13.8. The third kappa shape index (κ3) is 3.56. The second kappa shape index (κ2) is 6.19. The smallest absolute Gasteiger partial charge is 0.273 e. The molecule has 108 valence electrons. The van der Waals surface area contributed by atoms with Gasteiger partial charge in [-0.2, -0.15) is 0 Å². The molecule has 6 nitrogen and oxygen atoms in total. The van der Waals surface area contributed by atoms with Crippen LogP contribution in [0.3, 0.4) is 0 Å². The quantitative estimate of drug-likeness (QED) is 0.503. The van der Waals surface area contributed by atoms with Gasteiger partial charge in [0.2, 0.25) is 0 Å². The number of hydrogen-bond donors (Lipinski definition) is 1. The summed E-state index contributed by atoms with van der Waals surface area (Å²) in [5.74, 6) is -0.464. The Morgan fingerprint density at radius 3 is 2.76 bits per heavy atom. The number of nitro benzene ring substituents is 1. The van der Waals surface area contributed by atoms with Crippen molar-refractivity contribution in [3.05, 3.63) is 61.3 Å². The molecule has 1 N–H and O–H groups in total.